The number of aromatic nitrogens is 3. The number of likely N-dealkylation sites (tertiary alicyclic amines) is 1. The van der Waals surface area contributed by atoms with Gasteiger partial charge in [0, 0.05) is 37.6 Å². The minimum Gasteiger partial charge on any atom is -0.444 e. The zero-order chi connectivity index (χ0) is 21.0. The lowest BCUT2D eigenvalue weighted by molar-refractivity contribution is 0.00747. The van der Waals surface area contributed by atoms with E-state index < -0.39 is 5.60 Å². The first-order valence-corrected chi connectivity index (χ1v) is 10.2. The third kappa shape index (κ3) is 3.12. The van der Waals surface area contributed by atoms with Gasteiger partial charge in [0.15, 0.2) is 0 Å². The third-order valence-electron chi connectivity index (χ3n) is 5.64. The Morgan fingerprint density at radius 1 is 1.27 bits per heavy atom. The lowest BCUT2D eigenvalue weighted by Crippen LogP contribution is -2.50. The Kier molecular flexibility index (Phi) is 4.13. The number of hydrogen-bond donors (Lipinski definition) is 2. The van der Waals surface area contributed by atoms with Crippen molar-refractivity contribution in [2.24, 2.45) is 0 Å². The molecule has 1 aromatic carbocycles. The normalized spacial score (nSPS) is 18.8. The molecule has 5 rings (SSSR count). The van der Waals surface area contributed by atoms with Crippen LogP contribution in [0.4, 0.5) is 16.3 Å². The molecule has 0 saturated carbocycles. The first-order valence-electron chi connectivity index (χ1n) is 10.2. The highest BCUT2D eigenvalue weighted by atomic mass is 16.6. The molecule has 1 atom stereocenters. The summed E-state index contributed by atoms with van der Waals surface area (Å²) in [6, 6.07) is 8.34. The monoisotopic (exact) mass is 406 g/mol. The smallest absolute Gasteiger partial charge is 0.410 e. The molecule has 0 bridgehead atoms. The fourth-order valence-electron chi connectivity index (χ4n) is 4.23. The summed E-state index contributed by atoms with van der Waals surface area (Å²) >= 11 is 0. The average molecular weight is 406 g/mol. The Balaban J connectivity index is 1.43. The molecule has 1 fully saturated rings. The summed E-state index contributed by atoms with van der Waals surface area (Å²) in [5.41, 5.74) is 9.91. The van der Waals surface area contributed by atoms with E-state index in [0.717, 1.165) is 29.1 Å². The molecule has 30 heavy (non-hydrogen) atoms. The molecule has 1 amide bonds. The topological polar surface area (TPSA) is 97.8 Å². The van der Waals surface area contributed by atoms with Crippen molar-refractivity contribution in [2.45, 2.75) is 44.8 Å². The predicted molar refractivity (Wildman–Crippen MR) is 114 cm³/mol. The maximum Gasteiger partial charge on any atom is 0.410 e. The molecule has 8 nitrogen and oxygen atoms in total. The number of hydrogen-bond acceptors (Lipinski definition) is 6. The number of amides is 1. The molecule has 0 aliphatic carbocycles. The van der Waals surface area contributed by atoms with Crippen LogP contribution in [0.3, 0.4) is 0 Å². The van der Waals surface area contributed by atoms with Crippen LogP contribution in [0.1, 0.15) is 49.8 Å². The Morgan fingerprint density at radius 3 is 2.77 bits per heavy atom. The SMILES string of the molecule is CC(C)(C)OC(=O)N1CC(c2nc(C3Cc4ccccc4N3)c3c(N)nccn23)C1. The van der Waals surface area contributed by atoms with E-state index >= 15 is 0 Å². The summed E-state index contributed by atoms with van der Waals surface area (Å²) in [6.07, 6.45) is 4.16. The van der Waals surface area contributed by atoms with Gasteiger partial charge in [0.05, 0.1) is 17.7 Å². The number of carbonyl (C=O) groups is 1. The number of nitrogens with zero attached hydrogens (tertiary/aromatic N) is 4. The largest absolute Gasteiger partial charge is 0.444 e. The first-order chi connectivity index (χ1) is 14.3. The van der Waals surface area contributed by atoms with Crippen LogP contribution in [-0.4, -0.2) is 44.1 Å². The molecule has 0 radical (unpaired) electrons. The van der Waals surface area contributed by atoms with Crippen LogP contribution in [0.25, 0.3) is 5.52 Å². The number of nitrogen functional groups attached to an aromatic ring is 1. The van der Waals surface area contributed by atoms with Gasteiger partial charge in [-0.3, -0.25) is 4.40 Å². The zero-order valence-electron chi connectivity index (χ0n) is 17.4. The average Bonchev–Trinajstić information content (AvgIpc) is 3.21. The van der Waals surface area contributed by atoms with Crippen molar-refractivity contribution in [1.82, 2.24) is 19.3 Å². The van der Waals surface area contributed by atoms with E-state index in [1.165, 1.54) is 5.56 Å². The number of ether oxygens (including phenoxy) is 1. The Hall–Kier alpha value is -3.29. The highest BCUT2D eigenvalue weighted by molar-refractivity contribution is 5.73. The first kappa shape index (κ1) is 18.7. The molecule has 156 valence electrons. The number of anilines is 2. The van der Waals surface area contributed by atoms with Gasteiger partial charge in [0.1, 0.15) is 22.8 Å². The highest BCUT2D eigenvalue weighted by Gasteiger charge is 2.38. The van der Waals surface area contributed by atoms with Crippen molar-refractivity contribution in [1.29, 1.82) is 0 Å². The van der Waals surface area contributed by atoms with Crippen molar-refractivity contribution in [3.05, 3.63) is 53.7 Å². The van der Waals surface area contributed by atoms with Crippen molar-refractivity contribution in [2.75, 3.05) is 24.1 Å². The lowest BCUT2D eigenvalue weighted by Gasteiger charge is -2.39. The number of nitrogens with one attached hydrogen (secondary N) is 1. The molecule has 2 aromatic heterocycles. The molecule has 3 aromatic rings. The number of para-hydroxylation sites is 1. The van der Waals surface area contributed by atoms with Crippen molar-refractivity contribution < 1.29 is 9.53 Å². The molecule has 4 heterocycles. The standard InChI is InChI=1S/C22H26N6O2/c1-22(2,3)30-21(29)27-11-14(12-27)20-26-17(18-19(23)24-8-9-28(18)20)16-10-13-6-4-5-7-15(13)25-16/h4-9,14,16,25H,10-12H2,1-3H3,(H2,23,24). The third-order valence-corrected chi connectivity index (χ3v) is 5.64. The molecule has 0 spiro atoms. The Labute approximate surface area is 175 Å². The van der Waals surface area contributed by atoms with Crippen LogP contribution in [-0.2, 0) is 11.2 Å². The number of imidazole rings is 1. The van der Waals surface area contributed by atoms with Gasteiger partial charge in [-0.05, 0) is 32.4 Å². The summed E-state index contributed by atoms with van der Waals surface area (Å²) in [5, 5.41) is 3.57. The molecule has 8 heteroatoms. The lowest BCUT2D eigenvalue weighted by atomic mass is 10.00. The van der Waals surface area contributed by atoms with E-state index in [-0.39, 0.29) is 18.1 Å². The Morgan fingerprint density at radius 2 is 2.03 bits per heavy atom. The molecule has 2 aliphatic heterocycles. The van der Waals surface area contributed by atoms with Gasteiger partial charge in [-0.15, -0.1) is 0 Å². The van der Waals surface area contributed by atoms with E-state index in [1.807, 2.05) is 37.4 Å². The van der Waals surface area contributed by atoms with Crippen LogP contribution < -0.4 is 11.1 Å². The summed E-state index contributed by atoms with van der Waals surface area (Å²) < 4.78 is 7.50. The van der Waals surface area contributed by atoms with E-state index in [4.69, 9.17) is 15.5 Å². The Bertz CT molecular complexity index is 1100. The van der Waals surface area contributed by atoms with E-state index in [9.17, 15) is 4.79 Å². The number of carbonyl (C=O) groups excluding carboxylic acids is 1. The van der Waals surface area contributed by atoms with Gasteiger partial charge in [-0.25, -0.2) is 14.8 Å². The number of benzene rings is 1. The molecular weight excluding hydrogens is 380 g/mol. The van der Waals surface area contributed by atoms with Crippen molar-refractivity contribution >= 4 is 23.1 Å². The van der Waals surface area contributed by atoms with Crippen LogP contribution in [0, 0.1) is 0 Å². The van der Waals surface area contributed by atoms with Crippen LogP contribution >= 0.6 is 0 Å². The summed E-state index contributed by atoms with van der Waals surface area (Å²) in [4.78, 5) is 23.3. The van der Waals surface area contributed by atoms with Gasteiger partial charge in [0.25, 0.3) is 0 Å². The van der Waals surface area contributed by atoms with Crippen LogP contribution in [0.15, 0.2) is 36.7 Å². The number of rotatable bonds is 2. The fourth-order valence-corrected chi connectivity index (χ4v) is 4.23. The predicted octanol–water partition coefficient (Wildman–Crippen LogP) is 3.36. The van der Waals surface area contributed by atoms with E-state index in [2.05, 4.69) is 28.5 Å². The summed E-state index contributed by atoms with van der Waals surface area (Å²) in [7, 11) is 0. The molecule has 3 N–H and O–H groups in total. The van der Waals surface area contributed by atoms with Gasteiger partial charge in [-0.2, -0.15) is 0 Å². The van der Waals surface area contributed by atoms with Gasteiger partial charge < -0.3 is 20.7 Å². The molecular formula is C22H26N6O2. The van der Waals surface area contributed by atoms with E-state index in [0.29, 0.717) is 18.9 Å². The highest BCUT2D eigenvalue weighted by Crippen LogP contribution is 2.38. The van der Waals surface area contributed by atoms with Crippen molar-refractivity contribution in [3.8, 4) is 0 Å². The molecule has 1 saturated heterocycles. The van der Waals surface area contributed by atoms with Gasteiger partial charge >= 0.3 is 6.09 Å². The van der Waals surface area contributed by atoms with Crippen molar-refractivity contribution in [3.63, 3.8) is 0 Å². The van der Waals surface area contributed by atoms with Gasteiger partial charge in [0.2, 0.25) is 0 Å². The van der Waals surface area contributed by atoms with Crippen LogP contribution in [0.2, 0.25) is 0 Å². The summed E-state index contributed by atoms with van der Waals surface area (Å²) in [5.74, 6) is 1.50. The zero-order valence-corrected chi connectivity index (χ0v) is 17.4. The number of nitrogens with two attached hydrogens (primary N) is 1. The van der Waals surface area contributed by atoms with E-state index in [1.54, 1.807) is 11.1 Å². The minimum absolute atomic E-state index is 0.0414. The fraction of sp³-hybridized carbons (Fsp3) is 0.409. The molecule has 2 aliphatic rings. The maximum atomic E-state index is 12.3. The quantitative estimate of drug-likeness (QED) is 0.677. The van der Waals surface area contributed by atoms with Gasteiger partial charge in [-0.1, -0.05) is 18.2 Å². The second-order valence-electron chi connectivity index (χ2n) is 9.03. The second kappa shape index (κ2) is 6.62. The minimum atomic E-state index is -0.501. The second-order valence-corrected chi connectivity index (χ2v) is 9.03. The van der Waals surface area contributed by atoms with Crippen LogP contribution in [0.5, 0.6) is 0 Å². The number of fused-ring (bicyclic) bond motifs is 2. The molecule has 1 unspecified atom stereocenters. The summed E-state index contributed by atoms with van der Waals surface area (Å²) in [6.45, 7) is 6.78. The maximum absolute atomic E-state index is 12.3.